The summed E-state index contributed by atoms with van der Waals surface area (Å²) < 4.78 is 10.8. The Morgan fingerprint density at radius 1 is 1.09 bits per heavy atom. The molecule has 2 aliphatic heterocycles. The molecule has 1 aromatic rings. The van der Waals surface area contributed by atoms with Crippen molar-refractivity contribution in [3.8, 4) is 17.2 Å². The Kier molecular flexibility index (Phi) is 6.16. The molecule has 0 bridgehead atoms. The number of benzene rings is 1. The number of Topliss-reactive ketones (excluding diaryl/α,β-unsaturated/α-hetero) is 1. The summed E-state index contributed by atoms with van der Waals surface area (Å²) in [4.78, 5) is 29.2. The van der Waals surface area contributed by atoms with Gasteiger partial charge in [0.2, 0.25) is 5.75 Å². The number of ether oxygens (including phenoxy) is 2. The molecule has 1 aliphatic carbocycles. The molecule has 1 saturated heterocycles. The summed E-state index contributed by atoms with van der Waals surface area (Å²) in [6.07, 6.45) is 4.23. The van der Waals surface area contributed by atoms with Crippen LogP contribution in [0.5, 0.6) is 17.2 Å². The van der Waals surface area contributed by atoms with E-state index < -0.39 is 5.92 Å². The third-order valence-electron chi connectivity index (χ3n) is 6.95. The second-order valence-corrected chi connectivity index (χ2v) is 10.1. The number of likely N-dealkylation sites (tertiary alicyclic amines) is 1. The molecular formula is C26H34N2O5. The first-order valence-corrected chi connectivity index (χ1v) is 11.6. The average Bonchev–Trinajstić information content (AvgIpc) is 2.77. The molecule has 33 heavy (non-hydrogen) atoms. The Morgan fingerprint density at radius 3 is 2.27 bits per heavy atom. The summed E-state index contributed by atoms with van der Waals surface area (Å²) in [5.74, 6) is -0.163. The number of hydrogen-bond donors (Lipinski definition) is 2. The molecule has 2 N–H and O–H groups in total. The summed E-state index contributed by atoms with van der Waals surface area (Å²) >= 11 is 0. The normalized spacial score (nSPS) is 22.6. The van der Waals surface area contributed by atoms with Gasteiger partial charge in [-0.15, -0.1) is 0 Å². The molecule has 0 saturated carbocycles. The minimum atomic E-state index is -0.553. The minimum absolute atomic E-state index is 0.0418. The molecule has 0 aromatic heterocycles. The van der Waals surface area contributed by atoms with E-state index in [0.717, 1.165) is 50.2 Å². The van der Waals surface area contributed by atoms with E-state index in [9.17, 15) is 14.7 Å². The molecule has 0 spiro atoms. The van der Waals surface area contributed by atoms with Gasteiger partial charge in [-0.1, -0.05) is 13.8 Å². The summed E-state index contributed by atoms with van der Waals surface area (Å²) in [5, 5.41) is 13.9. The fourth-order valence-electron chi connectivity index (χ4n) is 5.40. The van der Waals surface area contributed by atoms with Gasteiger partial charge in [-0.2, -0.15) is 0 Å². The topological polar surface area (TPSA) is 88.1 Å². The molecule has 3 aliphatic rings. The van der Waals surface area contributed by atoms with Crippen molar-refractivity contribution < 1.29 is 24.2 Å². The van der Waals surface area contributed by atoms with Crippen LogP contribution in [-0.4, -0.2) is 49.0 Å². The second-order valence-electron chi connectivity index (χ2n) is 10.1. The summed E-state index contributed by atoms with van der Waals surface area (Å²) in [7, 11) is 2.95. The number of nitrogens with zero attached hydrogens (tertiary/aromatic N) is 1. The third kappa shape index (κ3) is 4.21. The van der Waals surface area contributed by atoms with Gasteiger partial charge in [0, 0.05) is 48.0 Å². The first-order chi connectivity index (χ1) is 15.7. The van der Waals surface area contributed by atoms with Crippen LogP contribution in [-0.2, 0) is 9.59 Å². The number of carbonyl (C=O) groups is 2. The molecule has 1 aromatic carbocycles. The van der Waals surface area contributed by atoms with Crippen LogP contribution < -0.4 is 14.8 Å². The van der Waals surface area contributed by atoms with Crippen molar-refractivity contribution in [2.24, 2.45) is 5.41 Å². The van der Waals surface area contributed by atoms with Crippen LogP contribution >= 0.6 is 0 Å². The number of phenolic OH excluding ortho intramolecular Hbond substituents is 1. The van der Waals surface area contributed by atoms with Gasteiger partial charge in [0.05, 0.1) is 14.2 Å². The van der Waals surface area contributed by atoms with Gasteiger partial charge in [0.25, 0.3) is 5.91 Å². The number of phenols is 1. The molecule has 178 valence electrons. The zero-order valence-corrected chi connectivity index (χ0v) is 20.2. The van der Waals surface area contributed by atoms with Gasteiger partial charge < -0.3 is 24.8 Å². The van der Waals surface area contributed by atoms with E-state index >= 15 is 0 Å². The number of methoxy groups -OCH3 is 2. The predicted octanol–water partition coefficient (Wildman–Crippen LogP) is 4.03. The highest BCUT2D eigenvalue weighted by Crippen LogP contribution is 2.49. The monoisotopic (exact) mass is 454 g/mol. The fourth-order valence-corrected chi connectivity index (χ4v) is 5.40. The van der Waals surface area contributed by atoms with Crippen LogP contribution in [0.2, 0.25) is 0 Å². The molecule has 1 amide bonds. The molecule has 7 heteroatoms. The predicted molar refractivity (Wildman–Crippen MR) is 125 cm³/mol. The Labute approximate surface area is 195 Å². The fraction of sp³-hybridized carbons (Fsp3) is 0.538. The molecule has 4 rings (SSSR count). The number of amides is 1. The smallest absolute Gasteiger partial charge is 0.252 e. The van der Waals surface area contributed by atoms with Crippen molar-refractivity contribution in [3.05, 3.63) is 40.2 Å². The molecule has 0 unspecified atom stereocenters. The Bertz CT molecular complexity index is 1020. The van der Waals surface area contributed by atoms with Gasteiger partial charge >= 0.3 is 0 Å². The highest BCUT2D eigenvalue weighted by molar-refractivity contribution is 6.05. The zero-order chi connectivity index (χ0) is 23.9. The van der Waals surface area contributed by atoms with E-state index in [-0.39, 0.29) is 34.4 Å². The first-order valence-electron chi connectivity index (χ1n) is 11.6. The van der Waals surface area contributed by atoms with E-state index in [1.807, 2.05) is 11.8 Å². The lowest BCUT2D eigenvalue weighted by Gasteiger charge is -2.41. The standard InChI is InChI=1S/C26H34N2O5/c1-15-21(25(31)28-9-7-6-8-10-28)22(16-11-19(32-4)24(30)20(12-16)33-5)23-17(27-15)13-26(2,3)14-18(23)29/h11-12,22,27,30H,6-10,13-14H2,1-5H3/t22-/m0/s1. The van der Waals surface area contributed by atoms with Crippen molar-refractivity contribution in [3.63, 3.8) is 0 Å². The highest BCUT2D eigenvalue weighted by Gasteiger charge is 2.44. The highest BCUT2D eigenvalue weighted by atomic mass is 16.5. The lowest BCUT2D eigenvalue weighted by Crippen LogP contribution is -2.43. The van der Waals surface area contributed by atoms with Crippen molar-refractivity contribution in [2.75, 3.05) is 27.3 Å². The number of nitrogens with one attached hydrogen (secondary N) is 1. The number of dihydropyridines is 1. The molecule has 0 radical (unpaired) electrons. The van der Waals surface area contributed by atoms with Crippen LogP contribution in [0.3, 0.4) is 0 Å². The SMILES string of the molecule is COc1cc([C@H]2C(C(=O)N3CCCCC3)=C(C)NC3=C2C(=O)CC(C)(C)C3)cc(OC)c1O. The number of rotatable bonds is 4. The maximum atomic E-state index is 13.8. The van der Waals surface area contributed by atoms with Crippen molar-refractivity contribution in [2.45, 2.75) is 58.8 Å². The lowest BCUT2D eigenvalue weighted by atomic mass is 9.68. The van der Waals surface area contributed by atoms with E-state index in [1.165, 1.54) is 14.2 Å². The lowest BCUT2D eigenvalue weighted by molar-refractivity contribution is -0.128. The number of carbonyl (C=O) groups excluding carboxylic acids is 2. The molecule has 1 fully saturated rings. The van der Waals surface area contributed by atoms with Crippen molar-refractivity contribution >= 4 is 11.7 Å². The van der Waals surface area contributed by atoms with Gasteiger partial charge in [0.1, 0.15) is 0 Å². The van der Waals surface area contributed by atoms with Gasteiger partial charge in [0.15, 0.2) is 17.3 Å². The molecule has 2 heterocycles. The van der Waals surface area contributed by atoms with Crippen LogP contribution in [0, 0.1) is 5.41 Å². The number of allylic oxidation sites excluding steroid dienone is 3. The summed E-state index contributed by atoms with van der Waals surface area (Å²) in [5.41, 5.74) is 3.40. The second kappa shape index (κ2) is 8.76. The maximum Gasteiger partial charge on any atom is 0.252 e. The summed E-state index contributed by atoms with van der Waals surface area (Å²) in [6, 6.07) is 3.42. The maximum absolute atomic E-state index is 13.8. The Balaban J connectivity index is 1.90. The molecule has 1 atom stereocenters. The summed E-state index contributed by atoms with van der Waals surface area (Å²) in [6.45, 7) is 7.53. The minimum Gasteiger partial charge on any atom is -0.502 e. The number of piperidine rings is 1. The quantitative estimate of drug-likeness (QED) is 0.714. The number of aromatic hydroxyl groups is 1. The van der Waals surface area contributed by atoms with E-state index in [4.69, 9.17) is 9.47 Å². The van der Waals surface area contributed by atoms with Crippen LogP contribution in [0.1, 0.15) is 64.4 Å². The van der Waals surface area contributed by atoms with Crippen LogP contribution in [0.15, 0.2) is 34.7 Å². The average molecular weight is 455 g/mol. The number of ketones is 1. The van der Waals surface area contributed by atoms with E-state index in [2.05, 4.69) is 19.2 Å². The van der Waals surface area contributed by atoms with Crippen molar-refractivity contribution in [1.82, 2.24) is 10.2 Å². The Hall–Kier alpha value is -2.96. The van der Waals surface area contributed by atoms with Crippen LogP contribution in [0.25, 0.3) is 0 Å². The van der Waals surface area contributed by atoms with Crippen LogP contribution in [0.4, 0.5) is 0 Å². The first kappa shape index (κ1) is 23.2. The van der Waals surface area contributed by atoms with E-state index in [1.54, 1.807) is 12.1 Å². The largest absolute Gasteiger partial charge is 0.502 e. The Morgan fingerprint density at radius 2 is 1.70 bits per heavy atom. The zero-order valence-electron chi connectivity index (χ0n) is 20.2. The van der Waals surface area contributed by atoms with Gasteiger partial charge in [-0.25, -0.2) is 0 Å². The number of hydrogen-bond acceptors (Lipinski definition) is 6. The molecule has 7 nitrogen and oxygen atoms in total. The van der Waals surface area contributed by atoms with Gasteiger partial charge in [-0.3, -0.25) is 9.59 Å². The molecular weight excluding hydrogens is 420 g/mol. The van der Waals surface area contributed by atoms with Crippen molar-refractivity contribution in [1.29, 1.82) is 0 Å². The van der Waals surface area contributed by atoms with E-state index in [0.29, 0.717) is 23.1 Å². The van der Waals surface area contributed by atoms with Gasteiger partial charge in [-0.05, 0) is 55.7 Å². The third-order valence-corrected chi connectivity index (χ3v) is 6.95.